The van der Waals surface area contributed by atoms with Crippen molar-refractivity contribution in [2.45, 2.75) is 52.7 Å². The molecule has 0 aliphatic carbocycles. The van der Waals surface area contributed by atoms with E-state index in [0.29, 0.717) is 0 Å². The molecule has 0 radical (unpaired) electrons. The molecule has 1 rings (SSSR count). The van der Waals surface area contributed by atoms with Crippen molar-refractivity contribution in [1.82, 2.24) is 0 Å². The van der Waals surface area contributed by atoms with E-state index in [1.54, 1.807) is 0 Å². The summed E-state index contributed by atoms with van der Waals surface area (Å²) in [4.78, 5) is 0. The highest BCUT2D eigenvalue weighted by atomic mass is 16.5. The second kappa shape index (κ2) is 4.88. The van der Waals surface area contributed by atoms with E-state index in [0.717, 1.165) is 12.2 Å². The van der Waals surface area contributed by atoms with Crippen LogP contribution in [0.1, 0.15) is 38.3 Å². The van der Waals surface area contributed by atoms with Gasteiger partial charge in [-0.2, -0.15) is 0 Å². The van der Waals surface area contributed by atoms with Gasteiger partial charge in [-0.15, -0.1) is 0 Å². The van der Waals surface area contributed by atoms with Crippen molar-refractivity contribution in [3.63, 3.8) is 0 Å². The third-order valence-corrected chi connectivity index (χ3v) is 2.40. The summed E-state index contributed by atoms with van der Waals surface area (Å²) in [6.45, 7) is 10.3. The molecule has 0 aromatic heterocycles. The van der Waals surface area contributed by atoms with Gasteiger partial charge in [0.15, 0.2) is 0 Å². The Kier molecular flexibility index (Phi) is 3.98. The Bertz CT molecular complexity index is 336. The first-order valence-electron chi connectivity index (χ1n) is 5.81. The van der Waals surface area contributed by atoms with Gasteiger partial charge in [-0.1, -0.05) is 6.07 Å². The summed E-state index contributed by atoms with van der Waals surface area (Å²) in [7, 11) is 0. The van der Waals surface area contributed by atoms with Crippen LogP contribution < -0.4 is 10.5 Å². The van der Waals surface area contributed by atoms with Gasteiger partial charge in [-0.25, -0.2) is 0 Å². The fourth-order valence-electron chi connectivity index (χ4n) is 2.13. The van der Waals surface area contributed by atoms with Gasteiger partial charge < -0.3 is 10.5 Å². The molecule has 2 N–H and O–H groups in total. The summed E-state index contributed by atoms with van der Waals surface area (Å²) < 4.78 is 5.99. The van der Waals surface area contributed by atoms with Crippen LogP contribution in [0.3, 0.4) is 0 Å². The highest BCUT2D eigenvalue weighted by molar-refractivity contribution is 5.33. The molecule has 2 nitrogen and oxygen atoms in total. The largest absolute Gasteiger partial charge is 0.488 e. The third-order valence-electron chi connectivity index (χ3n) is 2.40. The zero-order valence-corrected chi connectivity index (χ0v) is 11.0. The van der Waals surface area contributed by atoms with E-state index in [-0.39, 0.29) is 11.6 Å². The molecule has 0 aliphatic rings. The topological polar surface area (TPSA) is 35.2 Å². The smallest absolute Gasteiger partial charge is 0.120 e. The van der Waals surface area contributed by atoms with E-state index in [1.165, 1.54) is 11.1 Å². The van der Waals surface area contributed by atoms with Gasteiger partial charge in [0.25, 0.3) is 0 Å². The summed E-state index contributed by atoms with van der Waals surface area (Å²) in [5.41, 5.74) is 8.05. The van der Waals surface area contributed by atoms with Gasteiger partial charge in [0.2, 0.25) is 0 Å². The number of rotatable bonds is 4. The van der Waals surface area contributed by atoms with Crippen molar-refractivity contribution in [2.24, 2.45) is 5.73 Å². The van der Waals surface area contributed by atoms with Crippen LogP contribution in [-0.4, -0.2) is 11.6 Å². The van der Waals surface area contributed by atoms with Crippen LogP contribution in [0.4, 0.5) is 0 Å². The minimum atomic E-state index is -0.214. The van der Waals surface area contributed by atoms with Gasteiger partial charge in [0.05, 0.1) is 0 Å². The Morgan fingerprint density at radius 3 is 2.12 bits per heavy atom. The summed E-state index contributed by atoms with van der Waals surface area (Å²) in [5, 5.41) is 0. The molecule has 0 fully saturated rings. The Morgan fingerprint density at radius 1 is 1.19 bits per heavy atom. The molecule has 0 spiro atoms. The van der Waals surface area contributed by atoms with Crippen LogP contribution in [0.25, 0.3) is 0 Å². The Labute approximate surface area is 98.8 Å². The lowest BCUT2D eigenvalue weighted by atomic mass is 10.00. The van der Waals surface area contributed by atoms with Crippen molar-refractivity contribution < 1.29 is 4.74 Å². The van der Waals surface area contributed by atoms with E-state index in [4.69, 9.17) is 10.5 Å². The first-order valence-corrected chi connectivity index (χ1v) is 5.81. The molecule has 1 unspecified atom stereocenters. The standard InChI is InChI=1S/C14H23NO/c1-10-6-11(2)8-13(7-10)16-14(4,5)9-12(3)15/h6-8,12H,9,15H2,1-5H3. The molecule has 0 amide bonds. The minimum absolute atomic E-state index is 0.154. The number of hydrogen-bond donors (Lipinski definition) is 1. The molecule has 90 valence electrons. The number of aryl methyl sites for hydroxylation is 2. The first-order chi connectivity index (χ1) is 7.28. The van der Waals surface area contributed by atoms with Crippen molar-refractivity contribution >= 4 is 0 Å². The quantitative estimate of drug-likeness (QED) is 0.847. The molecular weight excluding hydrogens is 198 g/mol. The minimum Gasteiger partial charge on any atom is -0.488 e. The summed E-state index contributed by atoms with van der Waals surface area (Å²) >= 11 is 0. The van der Waals surface area contributed by atoms with Gasteiger partial charge >= 0.3 is 0 Å². The van der Waals surface area contributed by atoms with Crippen molar-refractivity contribution in [3.05, 3.63) is 29.3 Å². The van der Waals surface area contributed by atoms with E-state index in [1.807, 2.05) is 6.92 Å². The Balaban J connectivity index is 2.79. The van der Waals surface area contributed by atoms with E-state index >= 15 is 0 Å². The number of nitrogens with two attached hydrogens (primary N) is 1. The van der Waals surface area contributed by atoms with E-state index in [9.17, 15) is 0 Å². The molecule has 1 aromatic rings. The van der Waals surface area contributed by atoms with Crippen LogP contribution in [0.2, 0.25) is 0 Å². The number of benzene rings is 1. The summed E-state index contributed by atoms with van der Waals surface area (Å²) in [6, 6.07) is 6.43. The van der Waals surface area contributed by atoms with Gasteiger partial charge in [-0.3, -0.25) is 0 Å². The second-order valence-electron chi connectivity index (χ2n) is 5.37. The van der Waals surface area contributed by atoms with Gasteiger partial charge in [-0.05, 0) is 57.9 Å². The lowest BCUT2D eigenvalue weighted by molar-refractivity contribution is 0.0932. The molecule has 0 saturated carbocycles. The molecule has 0 saturated heterocycles. The first kappa shape index (κ1) is 13.0. The molecule has 0 bridgehead atoms. The molecule has 16 heavy (non-hydrogen) atoms. The molecular formula is C14H23NO. The van der Waals surface area contributed by atoms with Crippen molar-refractivity contribution in [3.8, 4) is 5.75 Å². The summed E-state index contributed by atoms with van der Waals surface area (Å²) in [5.74, 6) is 0.933. The zero-order chi connectivity index (χ0) is 12.3. The van der Waals surface area contributed by atoms with Gasteiger partial charge in [0, 0.05) is 12.5 Å². The molecule has 1 atom stereocenters. The van der Waals surface area contributed by atoms with Crippen molar-refractivity contribution in [1.29, 1.82) is 0 Å². The number of ether oxygens (including phenoxy) is 1. The highest BCUT2D eigenvalue weighted by Crippen LogP contribution is 2.24. The molecule has 2 heteroatoms. The van der Waals surface area contributed by atoms with Crippen LogP contribution >= 0.6 is 0 Å². The molecule has 0 aliphatic heterocycles. The average molecular weight is 221 g/mol. The lowest BCUT2D eigenvalue weighted by Gasteiger charge is -2.28. The maximum Gasteiger partial charge on any atom is 0.120 e. The Morgan fingerprint density at radius 2 is 1.69 bits per heavy atom. The van der Waals surface area contributed by atoms with Gasteiger partial charge in [0.1, 0.15) is 11.4 Å². The predicted molar refractivity (Wildman–Crippen MR) is 68.9 cm³/mol. The predicted octanol–water partition coefficient (Wildman–Crippen LogP) is 3.20. The van der Waals surface area contributed by atoms with Crippen LogP contribution in [0.15, 0.2) is 18.2 Å². The van der Waals surface area contributed by atoms with Crippen LogP contribution in [0.5, 0.6) is 5.75 Å². The number of hydrogen-bond acceptors (Lipinski definition) is 2. The maximum atomic E-state index is 5.99. The lowest BCUT2D eigenvalue weighted by Crippen LogP contribution is -2.35. The molecule has 1 aromatic carbocycles. The SMILES string of the molecule is Cc1cc(C)cc(OC(C)(C)CC(C)N)c1. The van der Waals surface area contributed by atoms with Crippen LogP contribution in [0, 0.1) is 13.8 Å². The third kappa shape index (κ3) is 4.23. The average Bonchev–Trinajstić information content (AvgIpc) is 1.95. The second-order valence-corrected chi connectivity index (χ2v) is 5.37. The maximum absolute atomic E-state index is 5.99. The van der Waals surface area contributed by atoms with Crippen molar-refractivity contribution in [2.75, 3.05) is 0 Å². The van der Waals surface area contributed by atoms with E-state index in [2.05, 4.69) is 45.9 Å². The fraction of sp³-hybridized carbons (Fsp3) is 0.571. The molecule has 0 heterocycles. The zero-order valence-electron chi connectivity index (χ0n) is 11.0. The fourth-order valence-corrected chi connectivity index (χ4v) is 2.13. The van der Waals surface area contributed by atoms with E-state index < -0.39 is 0 Å². The highest BCUT2D eigenvalue weighted by Gasteiger charge is 2.21. The normalized spacial score (nSPS) is 13.6. The monoisotopic (exact) mass is 221 g/mol. The summed E-state index contributed by atoms with van der Waals surface area (Å²) in [6.07, 6.45) is 0.847. The van der Waals surface area contributed by atoms with Crippen LogP contribution in [-0.2, 0) is 0 Å². The Hall–Kier alpha value is -1.02.